The van der Waals surface area contributed by atoms with Crippen LogP contribution in [0.3, 0.4) is 0 Å². The summed E-state index contributed by atoms with van der Waals surface area (Å²) in [6.07, 6.45) is -0.430. The first-order valence-corrected chi connectivity index (χ1v) is 4.62. The van der Waals surface area contributed by atoms with Crippen molar-refractivity contribution >= 4 is 6.09 Å². The smallest absolute Gasteiger partial charge is 0.407 e. The molecule has 0 spiro atoms. The van der Waals surface area contributed by atoms with Crippen LogP contribution in [0.2, 0.25) is 0 Å². The second-order valence-corrected chi connectivity index (χ2v) is 3.87. The van der Waals surface area contributed by atoms with Gasteiger partial charge in [0.05, 0.1) is 12.1 Å². The first kappa shape index (κ1) is 8.39. The predicted octanol–water partition coefficient (Wildman–Crippen LogP) is -0.138. The van der Waals surface area contributed by atoms with Crippen molar-refractivity contribution in [1.82, 2.24) is 14.5 Å². The minimum atomic E-state index is -1.01. The van der Waals surface area contributed by atoms with Crippen LogP contribution in [0.1, 0.15) is 24.2 Å². The molecular weight excluding hydrogens is 202 g/mol. The number of nitrogens with zero attached hydrogens (tertiary/aromatic N) is 2. The van der Waals surface area contributed by atoms with Gasteiger partial charge in [0.25, 0.3) is 0 Å². The number of H-pyrrole nitrogens is 1. The number of likely N-dealkylation sites (tertiary alicyclic amines) is 1. The molecule has 1 aromatic rings. The quantitative estimate of drug-likeness (QED) is 0.556. The summed E-state index contributed by atoms with van der Waals surface area (Å²) in [6, 6.07) is -0.516. The fourth-order valence-electron chi connectivity index (χ4n) is 2.60. The van der Waals surface area contributed by atoms with E-state index in [0.717, 1.165) is 0 Å². The summed E-state index contributed by atoms with van der Waals surface area (Å²) < 4.78 is 1.46. The Bertz CT molecular complexity index is 502. The molecule has 1 saturated heterocycles. The van der Waals surface area contributed by atoms with Gasteiger partial charge in [-0.1, -0.05) is 0 Å². The van der Waals surface area contributed by atoms with Gasteiger partial charge >= 0.3 is 11.8 Å². The average Bonchev–Trinajstić information content (AvgIpc) is 2.77. The van der Waals surface area contributed by atoms with E-state index in [-0.39, 0.29) is 23.7 Å². The number of rotatable bonds is 0. The molecule has 2 aliphatic rings. The molecule has 2 atom stereocenters. The van der Waals surface area contributed by atoms with E-state index in [1.807, 2.05) is 0 Å². The number of aromatic hydroxyl groups is 1. The number of carbonyl (C=O) groups is 1. The topological polar surface area (TPSA) is 98.6 Å². The first-order valence-electron chi connectivity index (χ1n) is 4.62. The van der Waals surface area contributed by atoms with E-state index >= 15 is 0 Å². The number of carboxylic acid groups (broad SMARTS) is 1. The van der Waals surface area contributed by atoms with Crippen molar-refractivity contribution in [3.05, 3.63) is 16.2 Å². The number of fused-ring (bicyclic) bond motifs is 5. The lowest BCUT2D eigenvalue weighted by Gasteiger charge is -2.24. The number of aromatic amines is 1. The number of imidazole rings is 1. The third kappa shape index (κ3) is 0.846. The molecule has 7 heteroatoms. The van der Waals surface area contributed by atoms with Crippen molar-refractivity contribution in [1.29, 1.82) is 0 Å². The number of nitrogens with one attached hydrogen (secondary N) is 1. The van der Waals surface area contributed by atoms with Crippen molar-refractivity contribution in [2.24, 2.45) is 0 Å². The van der Waals surface area contributed by atoms with E-state index < -0.39 is 6.09 Å². The Balaban J connectivity index is 2.16. The van der Waals surface area contributed by atoms with Gasteiger partial charge in [-0.2, -0.15) is 0 Å². The molecule has 0 aliphatic carbocycles. The minimum Gasteiger partial charge on any atom is -0.493 e. The molecule has 80 valence electrons. The van der Waals surface area contributed by atoms with Gasteiger partial charge < -0.3 is 10.2 Å². The lowest BCUT2D eigenvalue weighted by atomic mass is 10.2. The molecule has 2 bridgehead atoms. The molecule has 0 aromatic carbocycles. The fourth-order valence-corrected chi connectivity index (χ4v) is 2.60. The van der Waals surface area contributed by atoms with Crippen molar-refractivity contribution in [3.63, 3.8) is 0 Å². The SMILES string of the molecule is O=C(O)N1CC2CC1c1c(O)[nH]c(=O)n12. The van der Waals surface area contributed by atoms with Crippen LogP contribution in [0.4, 0.5) is 4.79 Å². The molecule has 0 saturated carbocycles. The Hall–Kier alpha value is -1.92. The molecule has 3 heterocycles. The van der Waals surface area contributed by atoms with Gasteiger partial charge in [-0.3, -0.25) is 14.5 Å². The largest absolute Gasteiger partial charge is 0.493 e. The molecule has 7 nitrogen and oxygen atoms in total. The summed E-state index contributed by atoms with van der Waals surface area (Å²) in [5.74, 6) is -0.210. The Morgan fingerprint density at radius 2 is 2.27 bits per heavy atom. The first-order chi connectivity index (χ1) is 7.09. The predicted molar refractivity (Wildman–Crippen MR) is 47.8 cm³/mol. The van der Waals surface area contributed by atoms with Gasteiger partial charge in [-0.15, -0.1) is 0 Å². The van der Waals surface area contributed by atoms with Crippen molar-refractivity contribution in [3.8, 4) is 5.88 Å². The van der Waals surface area contributed by atoms with Crippen LogP contribution in [0, 0.1) is 0 Å². The van der Waals surface area contributed by atoms with E-state index in [2.05, 4.69) is 4.98 Å². The maximum atomic E-state index is 11.4. The van der Waals surface area contributed by atoms with Gasteiger partial charge in [0.2, 0.25) is 5.88 Å². The normalized spacial score (nSPS) is 27.1. The van der Waals surface area contributed by atoms with Crippen LogP contribution in [0.15, 0.2) is 4.79 Å². The zero-order valence-corrected chi connectivity index (χ0v) is 7.67. The van der Waals surface area contributed by atoms with E-state index in [4.69, 9.17) is 5.11 Å². The maximum absolute atomic E-state index is 11.4. The molecule has 3 rings (SSSR count). The van der Waals surface area contributed by atoms with Gasteiger partial charge in [-0.25, -0.2) is 9.59 Å². The molecular formula is C8H9N3O4. The molecule has 0 radical (unpaired) electrons. The van der Waals surface area contributed by atoms with Crippen molar-refractivity contribution in [2.75, 3.05) is 6.54 Å². The van der Waals surface area contributed by atoms with Crippen LogP contribution >= 0.6 is 0 Å². The van der Waals surface area contributed by atoms with Crippen LogP contribution in [-0.4, -0.2) is 37.3 Å². The number of amides is 1. The Morgan fingerprint density at radius 1 is 1.53 bits per heavy atom. The number of hydrogen-bond donors (Lipinski definition) is 3. The van der Waals surface area contributed by atoms with E-state index in [1.54, 1.807) is 0 Å². The summed E-state index contributed by atoms with van der Waals surface area (Å²) in [6.45, 7) is 0.324. The van der Waals surface area contributed by atoms with E-state index in [1.165, 1.54) is 9.47 Å². The summed E-state index contributed by atoms with van der Waals surface area (Å²) in [5, 5.41) is 18.4. The molecule has 2 unspecified atom stereocenters. The van der Waals surface area contributed by atoms with Crippen LogP contribution in [0.5, 0.6) is 5.88 Å². The lowest BCUT2D eigenvalue weighted by molar-refractivity contribution is 0.133. The zero-order valence-electron chi connectivity index (χ0n) is 7.67. The summed E-state index contributed by atoms with van der Waals surface area (Å²) in [5.41, 5.74) is 0.0405. The highest BCUT2D eigenvalue weighted by Gasteiger charge is 2.48. The van der Waals surface area contributed by atoms with Gasteiger partial charge in [0.15, 0.2) is 0 Å². The average molecular weight is 211 g/mol. The summed E-state index contributed by atoms with van der Waals surface area (Å²) in [4.78, 5) is 25.8. The minimum absolute atomic E-state index is 0.134. The maximum Gasteiger partial charge on any atom is 0.407 e. The summed E-state index contributed by atoms with van der Waals surface area (Å²) >= 11 is 0. The highest BCUT2D eigenvalue weighted by Crippen LogP contribution is 2.47. The Labute approximate surface area is 83.6 Å². The molecule has 15 heavy (non-hydrogen) atoms. The fraction of sp³-hybridized carbons (Fsp3) is 0.500. The monoisotopic (exact) mass is 211 g/mol. The Morgan fingerprint density at radius 3 is 2.93 bits per heavy atom. The van der Waals surface area contributed by atoms with Crippen LogP contribution in [-0.2, 0) is 0 Å². The van der Waals surface area contributed by atoms with E-state index in [0.29, 0.717) is 18.7 Å². The molecule has 1 aromatic heterocycles. The zero-order chi connectivity index (χ0) is 10.7. The van der Waals surface area contributed by atoms with Crippen molar-refractivity contribution in [2.45, 2.75) is 18.5 Å². The molecule has 2 aliphatic heterocycles. The van der Waals surface area contributed by atoms with E-state index in [9.17, 15) is 14.7 Å². The Kier molecular flexibility index (Phi) is 1.32. The second-order valence-electron chi connectivity index (χ2n) is 3.87. The van der Waals surface area contributed by atoms with Gasteiger partial charge in [0.1, 0.15) is 5.69 Å². The molecule has 1 amide bonds. The standard InChI is InChI=1S/C8H9N3O4/c12-6-5-4-1-3(2-10(4)8(14)15)11(5)7(13)9-6/h3-4,12H,1-2H2,(H,9,13)(H,14,15). The highest BCUT2D eigenvalue weighted by atomic mass is 16.4. The third-order valence-corrected chi connectivity index (χ3v) is 3.15. The molecule has 3 N–H and O–H groups in total. The third-order valence-electron chi connectivity index (χ3n) is 3.15. The number of aromatic nitrogens is 2. The lowest BCUT2D eigenvalue weighted by Crippen LogP contribution is -2.36. The van der Waals surface area contributed by atoms with Crippen LogP contribution < -0.4 is 5.69 Å². The van der Waals surface area contributed by atoms with Gasteiger partial charge in [-0.05, 0) is 6.42 Å². The van der Waals surface area contributed by atoms with Gasteiger partial charge in [0, 0.05) is 6.54 Å². The molecule has 1 fully saturated rings. The summed E-state index contributed by atoms with van der Waals surface area (Å²) in [7, 11) is 0. The second kappa shape index (κ2) is 2.36. The number of hydrogen-bond acceptors (Lipinski definition) is 3. The van der Waals surface area contributed by atoms with Crippen LogP contribution in [0.25, 0.3) is 0 Å². The van der Waals surface area contributed by atoms with Crippen molar-refractivity contribution < 1.29 is 15.0 Å². The highest BCUT2D eigenvalue weighted by molar-refractivity contribution is 5.67.